The SMILES string of the molecule is Cn1nnnc1-c1cccc(-c2ccccc2)c1. The van der Waals surface area contributed by atoms with Crippen molar-refractivity contribution in [2.75, 3.05) is 0 Å². The zero-order valence-electron chi connectivity index (χ0n) is 9.99. The lowest BCUT2D eigenvalue weighted by Crippen LogP contribution is -1.94. The Morgan fingerprint density at radius 1 is 0.833 bits per heavy atom. The van der Waals surface area contributed by atoms with Crippen LogP contribution in [0.4, 0.5) is 0 Å². The van der Waals surface area contributed by atoms with Crippen molar-refractivity contribution in [2.45, 2.75) is 0 Å². The fraction of sp³-hybridized carbons (Fsp3) is 0.0714. The molecule has 1 aromatic heterocycles. The minimum absolute atomic E-state index is 0.771. The molecule has 0 aliphatic heterocycles. The summed E-state index contributed by atoms with van der Waals surface area (Å²) in [4.78, 5) is 0. The van der Waals surface area contributed by atoms with Crippen molar-refractivity contribution in [3.8, 4) is 22.5 Å². The number of hydrogen-bond acceptors (Lipinski definition) is 3. The molecular formula is C14H12N4. The van der Waals surface area contributed by atoms with Crippen LogP contribution < -0.4 is 0 Å². The summed E-state index contributed by atoms with van der Waals surface area (Å²) in [7, 11) is 1.84. The van der Waals surface area contributed by atoms with Crippen molar-refractivity contribution >= 4 is 0 Å². The van der Waals surface area contributed by atoms with Gasteiger partial charge in [0.05, 0.1) is 0 Å². The summed E-state index contributed by atoms with van der Waals surface area (Å²) < 4.78 is 1.67. The fourth-order valence-electron chi connectivity index (χ4n) is 1.94. The smallest absolute Gasteiger partial charge is 0.181 e. The van der Waals surface area contributed by atoms with Crippen LogP contribution in [-0.4, -0.2) is 20.2 Å². The lowest BCUT2D eigenvalue weighted by molar-refractivity contribution is 0.715. The van der Waals surface area contributed by atoms with Crippen molar-refractivity contribution in [2.24, 2.45) is 7.05 Å². The van der Waals surface area contributed by atoms with Crippen LogP contribution in [0, 0.1) is 0 Å². The molecule has 0 saturated heterocycles. The van der Waals surface area contributed by atoms with Crippen LogP contribution in [0.2, 0.25) is 0 Å². The van der Waals surface area contributed by atoms with Gasteiger partial charge in [-0.15, -0.1) is 5.10 Å². The molecule has 88 valence electrons. The van der Waals surface area contributed by atoms with E-state index in [4.69, 9.17) is 0 Å². The van der Waals surface area contributed by atoms with E-state index in [2.05, 4.69) is 39.8 Å². The highest BCUT2D eigenvalue weighted by Crippen LogP contribution is 2.24. The number of rotatable bonds is 2. The summed E-state index contributed by atoms with van der Waals surface area (Å²) in [5.41, 5.74) is 3.37. The zero-order chi connectivity index (χ0) is 12.4. The fourth-order valence-corrected chi connectivity index (χ4v) is 1.94. The summed E-state index contributed by atoms with van der Waals surface area (Å²) in [6.07, 6.45) is 0. The molecule has 0 atom stereocenters. The monoisotopic (exact) mass is 236 g/mol. The second kappa shape index (κ2) is 4.41. The molecule has 0 amide bonds. The van der Waals surface area contributed by atoms with Gasteiger partial charge in [0.15, 0.2) is 5.82 Å². The topological polar surface area (TPSA) is 43.6 Å². The lowest BCUT2D eigenvalue weighted by Gasteiger charge is -2.04. The van der Waals surface area contributed by atoms with Crippen LogP contribution in [0.3, 0.4) is 0 Å². The molecule has 0 aliphatic carbocycles. The Balaban J connectivity index is 2.08. The van der Waals surface area contributed by atoms with Crippen molar-refractivity contribution in [1.29, 1.82) is 0 Å². The van der Waals surface area contributed by atoms with Gasteiger partial charge in [-0.05, 0) is 27.6 Å². The van der Waals surface area contributed by atoms with Gasteiger partial charge in [-0.3, -0.25) is 0 Å². The highest BCUT2D eigenvalue weighted by Gasteiger charge is 2.06. The number of hydrogen-bond donors (Lipinski definition) is 0. The maximum Gasteiger partial charge on any atom is 0.181 e. The molecule has 1 heterocycles. The zero-order valence-corrected chi connectivity index (χ0v) is 9.99. The van der Waals surface area contributed by atoms with Crippen molar-refractivity contribution in [1.82, 2.24) is 20.2 Å². The number of nitrogens with zero attached hydrogens (tertiary/aromatic N) is 4. The summed E-state index contributed by atoms with van der Waals surface area (Å²) in [5.74, 6) is 0.771. The van der Waals surface area contributed by atoms with Crippen LogP contribution in [-0.2, 0) is 7.05 Å². The minimum atomic E-state index is 0.771. The van der Waals surface area contributed by atoms with Crippen LogP contribution in [0.25, 0.3) is 22.5 Å². The van der Waals surface area contributed by atoms with Gasteiger partial charge in [0.1, 0.15) is 0 Å². The maximum atomic E-state index is 4.02. The first-order valence-electron chi connectivity index (χ1n) is 5.73. The Morgan fingerprint density at radius 3 is 2.28 bits per heavy atom. The highest BCUT2D eigenvalue weighted by molar-refractivity contribution is 5.69. The molecule has 4 heteroatoms. The van der Waals surface area contributed by atoms with E-state index in [1.54, 1.807) is 4.68 Å². The summed E-state index contributed by atoms with van der Waals surface area (Å²) in [6.45, 7) is 0. The Hall–Kier alpha value is -2.49. The number of aryl methyl sites for hydroxylation is 1. The Morgan fingerprint density at radius 2 is 1.56 bits per heavy atom. The lowest BCUT2D eigenvalue weighted by atomic mass is 10.0. The molecule has 2 aromatic carbocycles. The van der Waals surface area contributed by atoms with Gasteiger partial charge in [-0.2, -0.15) is 0 Å². The summed E-state index contributed by atoms with van der Waals surface area (Å²) in [5, 5.41) is 11.5. The molecule has 3 rings (SSSR count). The second-order valence-corrected chi connectivity index (χ2v) is 4.07. The Kier molecular flexibility index (Phi) is 2.61. The van der Waals surface area contributed by atoms with Crippen molar-refractivity contribution < 1.29 is 0 Å². The van der Waals surface area contributed by atoms with Crippen LogP contribution in [0.15, 0.2) is 54.6 Å². The normalized spacial score (nSPS) is 10.5. The molecular weight excluding hydrogens is 224 g/mol. The summed E-state index contributed by atoms with van der Waals surface area (Å²) in [6, 6.07) is 18.5. The van der Waals surface area contributed by atoms with Gasteiger partial charge in [0, 0.05) is 12.6 Å². The number of benzene rings is 2. The maximum absolute atomic E-state index is 4.02. The first-order valence-corrected chi connectivity index (χ1v) is 5.73. The quantitative estimate of drug-likeness (QED) is 0.686. The van der Waals surface area contributed by atoms with E-state index in [1.165, 1.54) is 5.56 Å². The van der Waals surface area contributed by atoms with E-state index in [0.717, 1.165) is 17.0 Å². The van der Waals surface area contributed by atoms with E-state index >= 15 is 0 Å². The molecule has 18 heavy (non-hydrogen) atoms. The first kappa shape index (κ1) is 10.7. The third-order valence-corrected chi connectivity index (χ3v) is 2.85. The van der Waals surface area contributed by atoms with Gasteiger partial charge in [0.2, 0.25) is 0 Å². The number of aromatic nitrogens is 4. The third kappa shape index (κ3) is 1.88. The molecule has 0 radical (unpaired) electrons. The Labute approximate surface area is 105 Å². The predicted molar refractivity (Wildman–Crippen MR) is 69.7 cm³/mol. The minimum Gasteiger partial charge on any atom is -0.229 e. The third-order valence-electron chi connectivity index (χ3n) is 2.85. The van der Waals surface area contributed by atoms with Gasteiger partial charge in [0.25, 0.3) is 0 Å². The molecule has 0 N–H and O–H groups in total. The first-order chi connectivity index (χ1) is 8.84. The van der Waals surface area contributed by atoms with Crippen LogP contribution >= 0.6 is 0 Å². The molecule has 0 unspecified atom stereocenters. The molecule has 0 aliphatic rings. The van der Waals surface area contributed by atoms with E-state index in [-0.39, 0.29) is 0 Å². The average Bonchev–Trinajstić information content (AvgIpc) is 2.86. The van der Waals surface area contributed by atoms with E-state index in [0.29, 0.717) is 0 Å². The molecule has 0 saturated carbocycles. The van der Waals surface area contributed by atoms with E-state index < -0.39 is 0 Å². The van der Waals surface area contributed by atoms with Crippen molar-refractivity contribution in [3.63, 3.8) is 0 Å². The second-order valence-electron chi connectivity index (χ2n) is 4.07. The average molecular weight is 236 g/mol. The predicted octanol–water partition coefficient (Wildman–Crippen LogP) is 2.54. The molecule has 0 spiro atoms. The van der Waals surface area contributed by atoms with Crippen molar-refractivity contribution in [3.05, 3.63) is 54.6 Å². The Bertz CT molecular complexity index is 658. The van der Waals surface area contributed by atoms with Gasteiger partial charge < -0.3 is 0 Å². The standard InChI is InChI=1S/C14H12N4/c1-18-14(15-16-17-18)13-9-5-8-12(10-13)11-6-3-2-4-7-11/h2-10H,1H3. The van der Waals surface area contributed by atoms with E-state index in [9.17, 15) is 0 Å². The van der Waals surface area contributed by atoms with Crippen LogP contribution in [0.5, 0.6) is 0 Å². The van der Waals surface area contributed by atoms with Gasteiger partial charge in [-0.25, -0.2) is 4.68 Å². The molecule has 0 fully saturated rings. The van der Waals surface area contributed by atoms with Gasteiger partial charge >= 0.3 is 0 Å². The largest absolute Gasteiger partial charge is 0.229 e. The molecule has 4 nitrogen and oxygen atoms in total. The van der Waals surface area contributed by atoms with Gasteiger partial charge in [-0.1, -0.05) is 48.5 Å². The summed E-state index contributed by atoms with van der Waals surface area (Å²) >= 11 is 0. The highest BCUT2D eigenvalue weighted by atomic mass is 15.5. The molecule has 3 aromatic rings. The van der Waals surface area contributed by atoms with E-state index in [1.807, 2.05) is 37.4 Å². The van der Waals surface area contributed by atoms with Crippen LogP contribution in [0.1, 0.15) is 0 Å². The molecule has 0 bridgehead atoms. The number of tetrazole rings is 1.